The second-order valence-corrected chi connectivity index (χ2v) is 17.4. The molecule has 4 heterocycles. The Labute approximate surface area is 328 Å². The van der Waals surface area contributed by atoms with E-state index in [1.165, 1.54) is 35.2 Å². The number of carboxylic acid groups (broad SMARTS) is 1. The van der Waals surface area contributed by atoms with Crippen molar-refractivity contribution in [1.82, 2.24) is 14.9 Å². The molecule has 0 unspecified atom stereocenters. The number of anilines is 1. The molecule has 55 heavy (non-hydrogen) atoms. The Morgan fingerprint density at radius 2 is 1.82 bits per heavy atom. The van der Waals surface area contributed by atoms with E-state index in [1.807, 2.05) is 54.9 Å². The van der Waals surface area contributed by atoms with Gasteiger partial charge in [-0.3, -0.25) is 14.9 Å². The van der Waals surface area contributed by atoms with E-state index in [-0.39, 0.29) is 17.6 Å². The summed E-state index contributed by atoms with van der Waals surface area (Å²) in [4.78, 5) is 24.7. The third-order valence-corrected chi connectivity index (χ3v) is 13.5. The Bertz CT molecular complexity index is 2050. The zero-order valence-electron chi connectivity index (χ0n) is 31.8. The molecule has 1 saturated heterocycles. The fraction of sp³-hybridized carbons (Fsp3) is 0.489. The van der Waals surface area contributed by atoms with Crippen LogP contribution in [0, 0.1) is 11.8 Å². The van der Waals surface area contributed by atoms with Crippen molar-refractivity contribution in [3.8, 4) is 17.2 Å². The monoisotopic (exact) mass is 762 g/mol. The van der Waals surface area contributed by atoms with E-state index in [4.69, 9.17) is 25.8 Å². The SMILES string of the molecule is C[C@@H](COc1ccnc2c1[C@H](C)CCC2)C[C@H]1Cc2cc3c(cc2C12CCC(Nc1cccc(Cl)c1)(C(=O)O)CC2)O[C@H]1CN(Cc2ccccn2)C[C@H]1O3. The number of benzene rings is 2. The highest BCUT2D eigenvalue weighted by atomic mass is 35.5. The van der Waals surface area contributed by atoms with Crippen LogP contribution >= 0.6 is 11.6 Å². The number of ether oxygens (including phenoxy) is 3. The molecule has 0 radical (unpaired) electrons. The van der Waals surface area contributed by atoms with E-state index in [0.717, 1.165) is 80.4 Å². The van der Waals surface area contributed by atoms with Gasteiger partial charge in [-0.05, 0) is 141 Å². The number of carboxylic acids is 1. The van der Waals surface area contributed by atoms with Gasteiger partial charge < -0.3 is 24.6 Å². The molecule has 4 aromatic rings. The minimum Gasteiger partial charge on any atom is -0.493 e. The Balaban J connectivity index is 0.972. The Hall–Kier alpha value is -4.34. The number of aryl methyl sites for hydroxylation is 1. The Morgan fingerprint density at radius 3 is 2.56 bits per heavy atom. The average molecular weight is 763 g/mol. The van der Waals surface area contributed by atoms with Gasteiger partial charge in [0.15, 0.2) is 11.5 Å². The van der Waals surface area contributed by atoms with Crippen LogP contribution in [0.25, 0.3) is 0 Å². The molecule has 2 fully saturated rings. The first-order chi connectivity index (χ1) is 26.7. The number of aliphatic carboxylic acids is 1. The minimum atomic E-state index is -1.09. The van der Waals surface area contributed by atoms with Crippen molar-refractivity contribution in [2.45, 2.75) is 107 Å². The number of halogens is 1. The summed E-state index contributed by atoms with van der Waals surface area (Å²) in [6.07, 6.45) is 11.4. The van der Waals surface area contributed by atoms with Crippen LogP contribution in [0.3, 0.4) is 0 Å². The summed E-state index contributed by atoms with van der Waals surface area (Å²) in [5, 5.41) is 14.7. The van der Waals surface area contributed by atoms with Gasteiger partial charge in [0.05, 0.1) is 12.3 Å². The van der Waals surface area contributed by atoms with E-state index in [0.29, 0.717) is 42.2 Å². The molecule has 5 aliphatic rings. The molecule has 5 atom stereocenters. The Kier molecular flexibility index (Phi) is 9.66. The lowest BCUT2D eigenvalue weighted by atomic mass is 9.59. The summed E-state index contributed by atoms with van der Waals surface area (Å²) in [5.74, 6) is 2.85. The quantitative estimate of drug-likeness (QED) is 0.164. The lowest BCUT2D eigenvalue weighted by Crippen LogP contribution is -2.53. The molecular formula is C45H51ClN4O5. The molecule has 10 heteroatoms. The number of hydrogen-bond acceptors (Lipinski definition) is 8. The van der Waals surface area contributed by atoms with Crippen molar-refractivity contribution in [3.63, 3.8) is 0 Å². The maximum Gasteiger partial charge on any atom is 0.329 e. The first-order valence-corrected chi connectivity index (χ1v) is 20.6. The van der Waals surface area contributed by atoms with Gasteiger partial charge in [0.2, 0.25) is 0 Å². The highest BCUT2D eigenvalue weighted by molar-refractivity contribution is 6.30. The predicted octanol–water partition coefficient (Wildman–Crippen LogP) is 8.62. The van der Waals surface area contributed by atoms with Crippen molar-refractivity contribution >= 4 is 23.3 Å². The molecule has 1 spiro atoms. The number of carbonyl (C=O) groups is 1. The van der Waals surface area contributed by atoms with Gasteiger partial charge in [-0.1, -0.05) is 37.6 Å². The molecule has 0 bridgehead atoms. The van der Waals surface area contributed by atoms with Gasteiger partial charge in [-0.2, -0.15) is 0 Å². The number of aromatic nitrogens is 2. The van der Waals surface area contributed by atoms with E-state index < -0.39 is 11.5 Å². The highest BCUT2D eigenvalue weighted by Gasteiger charge is 2.55. The van der Waals surface area contributed by atoms with Gasteiger partial charge in [0.25, 0.3) is 0 Å². The maximum atomic E-state index is 13.1. The maximum absolute atomic E-state index is 13.1. The van der Waals surface area contributed by atoms with Crippen molar-refractivity contribution < 1.29 is 24.1 Å². The third kappa shape index (κ3) is 6.92. The van der Waals surface area contributed by atoms with E-state index in [9.17, 15) is 9.90 Å². The molecule has 2 N–H and O–H groups in total. The summed E-state index contributed by atoms with van der Waals surface area (Å²) in [7, 11) is 0. The third-order valence-electron chi connectivity index (χ3n) is 13.3. The number of hydrogen-bond donors (Lipinski definition) is 2. The smallest absolute Gasteiger partial charge is 0.329 e. The van der Waals surface area contributed by atoms with Crippen LogP contribution in [0.5, 0.6) is 17.2 Å². The fourth-order valence-electron chi connectivity index (χ4n) is 10.5. The van der Waals surface area contributed by atoms with Crippen LogP contribution in [0.1, 0.15) is 92.8 Å². The first-order valence-electron chi connectivity index (χ1n) is 20.2. The van der Waals surface area contributed by atoms with Gasteiger partial charge in [0.1, 0.15) is 23.5 Å². The van der Waals surface area contributed by atoms with Gasteiger partial charge in [0, 0.05) is 54.0 Å². The zero-order chi connectivity index (χ0) is 37.7. The molecule has 2 aliphatic heterocycles. The lowest BCUT2D eigenvalue weighted by Gasteiger charge is -2.47. The number of pyridine rings is 2. The summed E-state index contributed by atoms with van der Waals surface area (Å²) >= 11 is 6.32. The Morgan fingerprint density at radius 1 is 1.02 bits per heavy atom. The topological polar surface area (TPSA) is 106 Å². The van der Waals surface area contributed by atoms with Gasteiger partial charge in [-0.15, -0.1) is 0 Å². The van der Waals surface area contributed by atoms with Crippen LogP contribution in [0.2, 0.25) is 5.02 Å². The van der Waals surface area contributed by atoms with Crippen molar-refractivity contribution in [2.75, 3.05) is 25.0 Å². The molecule has 288 valence electrons. The number of rotatable bonds is 10. The molecule has 2 aromatic carbocycles. The molecule has 9 nitrogen and oxygen atoms in total. The summed E-state index contributed by atoms with van der Waals surface area (Å²) in [6.45, 7) is 7.54. The molecule has 3 aliphatic carbocycles. The van der Waals surface area contributed by atoms with Crippen LogP contribution in [-0.4, -0.2) is 63.4 Å². The molecule has 9 rings (SSSR count). The van der Waals surface area contributed by atoms with Crippen molar-refractivity contribution in [2.24, 2.45) is 11.8 Å². The second kappa shape index (κ2) is 14.6. The summed E-state index contributed by atoms with van der Waals surface area (Å²) in [6, 6.07) is 19.9. The summed E-state index contributed by atoms with van der Waals surface area (Å²) in [5.41, 5.74) is 5.55. The van der Waals surface area contributed by atoms with Gasteiger partial charge >= 0.3 is 5.97 Å². The normalized spacial score (nSPS) is 28.6. The van der Waals surface area contributed by atoms with Gasteiger partial charge in [-0.25, -0.2) is 4.79 Å². The van der Waals surface area contributed by atoms with Crippen LogP contribution in [0.4, 0.5) is 5.69 Å². The largest absolute Gasteiger partial charge is 0.493 e. The molecular weight excluding hydrogens is 712 g/mol. The number of fused-ring (bicyclic) bond motifs is 5. The predicted molar refractivity (Wildman–Crippen MR) is 212 cm³/mol. The molecule has 2 aromatic heterocycles. The number of nitrogens with zero attached hydrogens (tertiary/aromatic N) is 3. The number of nitrogens with one attached hydrogen (secondary N) is 1. The van der Waals surface area contributed by atoms with E-state index in [1.54, 1.807) is 0 Å². The first kappa shape index (κ1) is 36.3. The fourth-order valence-corrected chi connectivity index (χ4v) is 10.7. The average Bonchev–Trinajstić information content (AvgIpc) is 3.69. The van der Waals surface area contributed by atoms with Crippen molar-refractivity contribution in [3.05, 3.63) is 106 Å². The standard InChI is InChI=1S/C45H51ClN4O5/c1-28(27-53-37-12-18-48-36-11-5-7-29(2)42(36)37)19-31-20-30-21-38-39(55-41-26-50(25-40(41)54-38)24-34-9-3-4-17-47-34)23-35(30)44(31)13-15-45(16-14-44,43(51)52)49-33-10-6-8-32(46)22-33/h3-4,6,8-10,12,17-18,21-23,28-29,31,40-41,49H,5,7,11,13-16,19-20,24-27H2,1-2H3,(H,51,52)/t28-,29-,31+,40-,41+,44?,45?/m1/s1. The van der Waals surface area contributed by atoms with E-state index in [2.05, 4.69) is 52.2 Å². The highest BCUT2D eigenvalue weighted by Crippen LogP contribution is 2.58. The number of likely N-dealkylation sites (tertiary alicyclic amines) is 1. The van der Waals surface area contributed by atoms with Crippen LogP contribution in [0.15, 0.2) is 73.1 Å². The van der Waals surface area contributed by atoms with E-state index >= 15 is 0 Å². The second-order valence-electron chi connectivity index (χ2n) is 17.0. The minimum absolute atomic E-state index is 0.0392. The summed E-state index contributed by atoms with van der Waals surface area (Å²) < 4.78 is 20.1. The lowest BCUT2D eigenvalue weighted by molar-refractivity contribution is -0.144. The van der Waals surface area contributed by atoms with Crippen LogP contribution < -0.4 is 19.5 Å². The zero-order valence-corrected chi connectivity index (χ0v) is 32.6. The van der Waals surface area contributed by atoms with Crippen LogP contribution in [-0.2, 0) is 29.6 Å². The van der Waals surface area contributed by atoms with Crippen molar-refractivity contribution in [1.29, 1.82) is 0 Å². The molecule has 0 amide bonds. The molecule has 1 saturated carbocycles.